The molecule has 1 aromatic carbocycles. The summed E-state index contributed by atoms with van der Waals surface area (Å²) in [6, 6.07) is 9.73. The predicted molar refractivity (Wildman–Crippen MR) is 106 cm³/mol. The third-order valence-corrected chi connectivity index (χ3v) is 4.31. The van der Waals surface area contributed by atoms with Crippen LogP contribution in [0.1, 0.15) is 10.7 Å². The maximum absolute atomic E-state index is 6.01. The molecule has 0 amide bonds. The molecule has 6 nitrogen and oxygen atoms in total. The summed E-state index contributed by atoms with van der Waals surface area (Å²) in [4.78, 5) is 11.0. The Bertz CT molecular complexity index is 645. The van der Waals surface area contributed by atoms with Crippen LogP contribution in [-0.2, 0) is 17.9 Å². The molecule has 0 radical (unpaired) electrons. The Labute approximate surface area is 162 Å². The van der Waals surface area contributed by atoms with Crippen LogP contribution in [0, 0.1) is 0 Å². The van der Waals surface area contributed by atoms with Crippen molar-refractivity contribution in [1.29, 1.82) is 0 Å². The van der Waals surface area contributed by atoms with Crippen LogP contribution < -0.4 is 10.5 Å². The summed E-state index contributed by atoms with van der Waals surface area (Å²) in [6.45, 7) is 3.95. The number of guanidine groups is 1. The minimum Gasteiger partial charge on any atom is -0.486 e. The number of thiazole rings is 1. The fraction of sp³-hybridized carbons (Fsp3) is 0.375. The van der Waals surface area contributed by atoms with Gasteiger partial charge in [0.05, 0.1) is 25.5 Å². The van der Waals surface area contributed by atoms with E-state index in [4.69, 9.17) is 15.2 Å². The number of para-hydroxylation sites is 1. The molecule has 0 unspecified atom stereocenters. The van der Waals surface area contributed by atoms with Gasteiger partial charge in [0.2, 0.25) is 0 Å². The Morgan fingerprint density at radius 3 is 2.79 bits per heavy atom. The van der Waals surface area contributed by atoms with Gasteiger partial charge >= 0.3 is 0 Å². The number of benzene rings is 1. The Hall–Kier alpha value is -1.39. The molecule has 0 aliphatic carbocycles. The van der Waals surface area contributed by atoms with Gasteiger partial charge in [-0.3, -0.25) is 0 Å². The van der Waals surface area contributed by atoms with E-state index in [-0.39, 0.29) is 24.0 Å². The van der Waals surface area contributed by atoms with Crippen LogP contribution in [-0.4, -0.2) is 42.1 Å². The molecule has 130 valence electrons. The first-order valence-corrected chi connectivity index (χ1v) is 8.43. The molecular formula is C16H21IN4O2S. The van der Waals surface area contributed by atoms with Gasteiger partial charge in [-0.25, -0.2) is 9.98 Å². The quantitative estimate of drug-likeness (QED) is 0.422. The van der Waals surface area contributed by atoms with Gasteiger partial charge in [0, 0.05) is 18.5 Å². The van der Waals surface area contributed by atoms with Crippen LogP contribution in [0.4, 0.5) is 0 Å². The SMILES string of the molecule is I.NC(=NCc1csc(COc2ccccc2)n1)N1CCOCC1. The van der Waals surface area contributed by atoms with Gasteiger partial charge in [0.25, 0.3) is 0 Å². The number of nitrogens with two attached hydrogens (primary N) is 1. The fourth-order valence-corrected chi connectivity index (χ4v) is 2.90. The average molecular weight is 460 g/mol. The summed E-state index contributed by atoms with van der Waals surface area (Å²) in [6.07, 6.45) is 0. The lowest BCUT2D eigenvalue weighted by atomic mass is 10.3. The van der Waals surface area contributed by atoms with E-state index in [0.717, 1.165) is 29.5 Å². The molecule has 1 aliphatic heterocycles. The van der Waals surface area contributed by atoms with E-state index in [0.29, 0.717) is 32.3 Å². The number of halogens is 1. The molecule has 2 heterocycles. The number of nitrogens with zero attached hydrogens (tertiary/aromatic N) is 3. The van der Waals surface area contributed by atoms with E-state index >= 15 is 0 Å². The van der Waals surface area contributed by atoms with E-state index in [9.17, 15) is 0 Å². The second kappa shape index (κ2) is 9.80. The second-order valence-corrected chi connectivity index (χ2v) is 6.05. The van der Waals surface area contributed by atoms with Crippen LogP contribution in [0.15, 0.2) is 40.7 Å². The highest BCUT2D eigenvalue weighted by atomic mass is 127. The summed E-state index contributed by atoms with van der Waals surface area (Å²) < 4.78 is 11.0. The lowest BCUT2D eigenvalue weighted by Crippen LogP contribution is -2.44. The highest BCUT2D eigenvalue weighted by molar-refractivity contribution is 14.0. The number of morpholine rings is 1. The standard InChI is InChI=1S/C16H20N4O2S.HI/c17-16(20-6-8-21-9-7-20)18-10-13-12-23-15(19-13)11-22-14-4-2-1-3-5-14;/h1-5,12H,6-11H2,(H2,17,18);1H. The molecule has 2 aromatic rings. The topological polar surface area (TPSA) is 73.0 Å². The van der Waals surface area contributed by atoms with Crippen molar-refractivity contribution in [2.45, 2.75) is 13.2 Å². The Balaban J connectivity index is 0.00000208. The molecule has 2 N–H and O–H groups in total. The molecule has 1 aliphatic rings. The molecule has 1 aromatic heterocycles. The zero-order valence-electron chi connectivity index (χ0n) is 13.3. The lowest BCUT2D eigenvalue weighted by Gasteiger charge is -2.27. The van der Waals surface area contributed by atoms with Gasteiger partial charge in [-0.15, -0.1) is 35.3 Å². The number of hydrogen-bond donors (Lipinski definition) is 1. The Kier molecular flexibility index (Phi) is 7.73. The maximum Gasteiger partial charge on any atom is 0.191 e. The zero-order valence-corrected chi connectivity index (χ0v) is 16.4. The number of aliphatic imine (C=N–C) groups is 1. The van der Waals surface area contributed by atoms with Crippen molar-refractivity contribution < 1.29 is 9.47 Å². The molecule has 3 rings (SSSR count). The van der Waals surface area contributed by atoms with E-state index in [1.54, 1.807) is 11.3 Å². The first-order chi connectivity index (χ1) is 11.3. The van der Waals surface area contributed by atoms with E-state index in [2.05, 4.69) is 9.98 Å². The molecular weight excluding hydrogens is 439 g/mol. The van der Waals surface area contributed by atoms with Crippen LogP contribution in [0.25, 0.3) is 0 Å². The number of aromatic nitrogens is 1. The predicted octanol–water partition coefficient (Wildman–Crippen LogP) is 2.49. The Morgan fingerprint density at radius 2 is 2.04 bits per heavy atom. The summed E-state index contributed by atoms with van der Waals surface area (Å²) in [5, 5.41) is 2.93. The largest absolute Gasteiger partial charge is 0.486 e. The van der Waals surface area contributed by atoms with Crippen molar-refractivity contribution in [2.75, 3.05) is 26.3 Å². The maximum atomic E-state index is 6.01. The van der Waals surface area contributed by atoms with Crippen LogP contribution >= 0.6 is 35.3 Å². The molecule has 0 atom stereocenters. The third-order valence-electron chi connectivity index (χ3n) is 3.44. The molecule has 0 bridgehead atoms. The molecule has 0 saturated carbocycles. The van der Waals surface area contributed by atoms with Crippen LogP contribution in [0.5, 0.6) is 5.75 Å². The van der Waals surface area contributed by atoms with Crippen molar-refractivity contribution in [3.8, 4) is 5.75 Å². The normalized spacial score (nSPS) is 15.0. The fourth-order valence-electron chi connectivity index (χ4n) is 2.20. The smallest absolute Gasteiger partial charge is 0.191 e. The number of rotatable bonds is 5. The monoisotopic (exact) mass is 460 g/mol. The van der Waals surface area contributed by atoms with Gasteiger partial charge in [-0.1, -0.05) is 18.2 Å². The van der Waals surface area contributed by atoms with Crippen molar-refractivity contribution in [3.63, 3.8) is 0 Å². The summed E-state index contributed by atoms with van der Waals surface area (Å²) in [5.74, 6) is 1.40. The van der Waals surface area contributed by atoms with Gasteiger partial charge in [-0.2, -0.15) is 0 Å². The minimum atomic E-state index is 0. The van der Waals surface area contributed by atoms with Gasteiger partial charge in [0.1, 0.15) is 17.4 Å². The highest BCUT2D eigenvalue weighted by Crippen LogP contribution is 2.15. The van der Waals surface area contributed by atoms with Crippen LogP contribution in [0.2, 0.25) is 0 Å². The lowest BCUT2D eigenvalue weighted by molar-refractivity contribution is 0.0674. The average Bonchev–Trinajstić information content (AvgIpc) is 3.07. The summed E-state index contributed by atoms with van der Waals surface area (Å²) in [7, 11) is 0. The highest BCUT2D eigenvalue weighted by Gasteiger charge is 2.12. The van der Waals surface area contributed by atoms with E-state index in [1.165, 1.54) is 0 Å². The van der Waals surface area contributed by atoms with Crippen molar-refractivity contribution >= 4 is 41.3 Å². The molecule has 24 heavy (non-hydrogen) atoms. The second-order valence-electron chi connectivity index (χ2n) is 5.11. The van der Waals surface area contributed by atoms with Crippen molar-refractivity contribution in [3.05, 3.63) is 46.4 Å². The Morgan fingerprint density at radius 1 is 1.29 bits per heavy atom. The first-order valence-electron chi connectivity index (χ1n) is 7.55. The van der Waals surface area contributed by atoms with E-state index in [1.807, 2.05) is 40.6 Å². The molecule has 8 heteroatoms. The first kappa shape index (κ1) is 18.9. The van der Waals surface area contributed by atoms with Crippen molar-refractivity contribution in [1.82, 2.24) is 9.88 Å². The van der Waals surface area contributed by atoms with Crippen LogP contribution in [0.3, 0.4) is 0 Å². The minimum absolute atomic E-state index is 0. The van der Waals surface area contributed by atoms with Gasteiger partial charge in [0.15, 0.2) is 5.96 Å². The third kappa shape index (κ3) is 5.60. The number of hydrogen-bond acceptors (Lipinski definition) is 5. The summed E-state index contributed by atoms with van der Waals surface area (Å²) >= 11 is 1.58. The van der Waals surface area contributed by atoms with Gasteiger partial charge < -0.3 is 20.1 Å². The molecule has 1 saturated heterocycles. The number of ether oxygens (including phenoxy) is 2. The van der Waals surface area contributed by atoms with Crippen molar-refractivity contribution in [2.24, 2.45) is 10.7 Å². The molecule has 0 spiro atoms. The molecule has 1 fully saturated rings. The zero-order chi connectivity index (χ0) is 15.9. The summed E-state index contributed by atoms with van der Waals surface area (Å²) in [5.41, 5.74) is 6.92. The van der Waals surface area contributed by atoms with E-state index < -0.39 is 0 Å². The van der Waals surface area contributed by atoms with Gasteiger partial charge in [-0.05, 0) is 12.1 Å².